The van der Waals surface area contributed by atoms with Crippen molar-refractivity contribution in [2.75, 3.05) is 36.0 Å². The van der Waals surface area contributed by atoms with Crippen LogP contribution in [0.25, 0.3) is 11.2 Å². The van der Waals surface area contributed by atoms with Crippen molar-refractivity contribution in [3.8, 4) is 5.88 Å². The first-order chi connectivity index (χ1) is 14.4. The first-order valence-electron chi connectivity index (χ1n) is 9.55. The summed E-state index contributed by atoms with van der Waals surface area (Å²) in [7, 11) is 1.73. The van der Waals surface area contributed by atoms with Crippen LogP contribution in [0.4, 0.5) is 20.4 Å². The Hall–Kier alpha value is -3.37. The average molecular weight is 417 g/mol. The van der Waals surface area contributed by atoms with Crippen LogP contribution in [0.2, 0.25) is 0 Å². The van der Waals surface area contributed by atoms with Crippen LogP contribution in [0.5, 0.6) is 5.88 Å². The third-order valence-corrected chi connectivity index (χ3v) is 4.81. The molecular formula is C19H21F2N7O2. The van der Waals surface area contributed by atoms with Crippen molar-refractivity contribution in [1.29, 1.82) is 0 Å². The highest BCUT2D eigenvalue weighted by molar-refractivity contribution is 5.77. The number of nitrogens with zero attached hydrogens (tertiary/aromatic N) is 7. The molecule has 11 heteroatoms. The Balaban J connectivity index is 1.58. The van der Waals surface area contributed by atoms with Crippen LogP contribution >= 0.6 is 0 Å². The number of hydrogen-bond donors (Lipinski definition) is 0. The maximum absolute atomic E-state index is 14.3. The standard InChI is InChI=1S/C19H21F2N7O2/c1-11(2)30-18-15-17(26(3)25-24-15)22-19(23-18)28-6-4-27(5-7-28)16-13(20)8-12(10-29)9-14(16)21/h8-11H,4-7H2,1-3H3. The molecule has 0 radical (unpaired) electrons. The maximum atomic E-state index is 14.3. The zero-order chi connectivity index (χ0) is 21.4. The first-order valence-corrected chi connectivity index (χ1v) is 9.55. The lowest BCUT2D eigenvalue weighted by atomic mass is 10.1. The van der Waals surface area contributed by atoms with E-state index in [0.717, 1.165) is 12.1 Å². The number of anilines is 2. The second-order valence-corrected chi connectivity index (χ2v) is 7.31. The molecular weight excluding hydrogens is 396 g/mol. The van der Waals surface area contributed by atoms with Crippen molar-refractivity contribution in [2.24, 2.45) is 7.05 Å². The highest BCUT2D eigenvalue weighted by Gasteiger charge is 2.26. The minimum atomic E-state index is -0.753. The summed E-state index contributed by atoms with van der Waals surface area (Å²) in [5.41, 5.74) is 0.862. The Morgan fingerprint density at radius 3 is 2.30 bits per heavy atom. The first kappa shape index (κ1) is 19.9. The zero-order valence-electron chi connectivity index (χ0n) is 16.8. The Morgan fingerprint density at radius 1 is 1.07 bits per heavy atom. The van der Waals surface area contributed by atoms with Crippen LogP contribution in [0.3, 0.4) is 0 Å². The van der Waals surface area contributed by atoms with Crippen LogP contribution in [-0.2, 0) is 7.05 Å². The van der Waals surface area contributed by atoms with Gasteiger partial charge in [0.2, 0.25) is 11.8 Å². The molecule has 1 aliphatic heterocycles. The van der Waals surface area contributed by atoms with Crippen molar-refractivity contribution in [1.82, 2.24) is 25.0 Å². The molecule has 158 valence electrons. The number of fused-ring (bicyclic) bond motifs is 1. The highest BCUT2D eigenvalue weighted by atomic mass is 19.1. The molecule has 0 unspecified atom stereocenters. The number of carbonyl (C=O) groups excluding carboxylic acids is 1. The molecule has 0 spiro atoms. The lowest BCUT2D eigenvalue weighted by molar-refractivity contribution is 0.112. The molecule has 1 fully saturated rings. The van der Waals surface area contributed by atoms with E-state index >= 15 is 0 Å². The summed E-state index contributed by atoms with van der Waals surface area (Å²) < 4.78 is 36.0. The van der Waals surface area contributed by atoms with Crippen LogP contribution < -0.4 is 14.5 Å². The number of ether oxygens (including phenoxy) is 1. The van der Waals surface area contributed by atoms with E-state index in [4.69, 9.17) is 4.74 Å². The third-order valence-electron chi connectivity index (χ3n) is 4.81. The molecule has 2 aromatic heterocycles. The van der Waals surface area contributed by atoms with Gasteiger partial charge < -0.3 is 14.5 Å². The summed E-state index contributed by atoms with van der Waals surface area (Å²) in [6.07, 6.45) is 0.320. The van der Waals surface area contributed by atoms with Crippen molar-refractivity contribution < 1.29 is 18.3 Å². The van der Waals surface area contributed by atoms with E-state index in [0.29, 0.717) is 55.5 Å². The second kappa shape index (κ2) is 7.81. The minimum absolute atomic E-state index is 0.0310. The van der Waals surface area contributed by atoms with E-state index in [2.05, 4.69) is 20.3 Å². The largest absolute Gasteiger partial charge is 0.473 e. The monoisotopic (exact) mass is 417 g/mol. The SMILES string of the molecule is CC(C)Oc1nc(N2CCN(c3c(F)cc(C=O)cc3F)CC2)nc2c1nnn2C. The van der Waals surface area contributed by atoms with Gasteiger partial charge in [-0.2, -0.15) is 9.97 Å². The molecule has 30 heavy (non-hydrogen) atoms. The van der Waals surface area contributed by atoms with Crippen molar-refractivity contribution >= 4 is 29.1 Å². The lowest BCUT2D eigenvalue weighted by Gasteiger charge is -2.36. The average Bonchev–Trinajstić information content (AvgIpc) is 3.08. The van der Waals surface area contributed by atoms with Gasteiger partial charge in [0.1, 0.15) is 23.6 Å². The van der Waals surface area contributed by atoms with Crippen LogP contribution in [0.15, 0.2) is 12.1 Å². The molecule has 0 amide bonds. The number of aldehydes is 1. The molecule has 0 N–H and O–H groups in total. The van der Waals surface area contributed by atoms with Gasteiger partial charge in [0, 0.05) is 38.8 Å². The Morgan fingerprint density at radius 2 is 1.70 bits per heavy atom. The van der Waals surface area contributed by atoms with Gasteiger partial charge in [-0.15, -0.1) is 5.10 Å². The van der Waals surface area contributed by atoms with Gasteiger partial charge in [0.05, 0.1) is 6.10 Å². The fraction of sp³-hybridized carbons (Fsp3) is 0.421. The highest BCUT2D eigenvalue weighted by Crippen LogP contribution is 2.28. The molecule has 3 heterocycles. The van der Waals surface area contributed by atoms with Crippen LogP contribution in [0, 0.1) is 11.6 Å². The topological polar surface area (TPSA) is 89.3 Å². The summed E-state index contributed by atoms with van der Waals surface area (Å²) >= 11 is 0. The number of carbonyl (C=O) groups is 1. The smallest absolute Gasteiger partial charge is 0.249 e. The van der Waals surface area contributed by atoms with Gasteiger partial charge in [-0.25, -0.2) is 13.5 Å². The molecule has 0 saturated carbocycles. The van der Waals surface area contributed by atoms with Crippen molar-refractivity contribution in [3.05, 3.63) is 29.3 Å². The summed E-state index contributed by atoms with van der Waals surface area (Å²) in [4.78, 5) is 23.4. The molecule has 1 aromatic carbocycles. The van der Waals surface area contributed by atoms with Gasteiger partial charge in [-0.3, -0.25) is 4.79 Å². The summed E-state index contributed by atoms with van der Waals surface area (Å²) in [5.74, 6) is -0.712. The van der Waals surface area contributed by atoms with E-state index < -0.39 is 11.6 Å². The van der Waals surface area contributed by atoms with Gasteiger partial charge in [0.15, 0.2) is 11.2 Å². The predicted molar refractivity (Wildman–Crippen MR) is 106 cm³/mol. The molecule has 9 nitrogen and oxygen atoms in total. The van der Waals surface area contributed by atoms with Crippen LogP contribution in [-0.4, -0.2) is 63.5 Å². The quantitative estimate of drug-likeness (QED) is 0.582. The van der Waals surface area contributed by atoms with Gasteiger partial charge in [-0.05, 0) is 26.0 Å². The normalized spacial score (nSPS) is 14.6. The van der Waals surface area contributed by atoms with E-state index in [1.807, 2.05) is 18.7 Å². The second-order valence-electron chi connectivity index (χ2n) is 7.31. The molecule has 4 rings (SSSR count). The summed E-state index contributed by atoms with van der Waals surface area (Å²) in [6, 6.07) is 2.08. The molecule has 1 aliphatic rings. The van der Waals surface area contributed by atoms with Crippen molar-refractivity contribution in [2.45, 2.75) is 20.0 Å². The van der Waals surface area contributed by atoms with Crippen molar-refractivity contribution in [3.63, 3.8) is 0 Å². The van der Waals surface area contributed by atoms with Crippen LogP contribution in [0.1, 0.15) is 24.2 Å². The fourth-order valence-corrected chi connectivity index (χ4v) is 3.41. The molecule has 0 aliphatic carbocycles. The number of aromatic nitrogens is 5. The fourth-order valence-electron chi connectivity index (χ4n) is 3.41. The maximum Gasteiger partial charge on any atom is 0.249 e. The molecule has 0 bridgehead atoms. The van der Waals surface area contributed by atoms with E-state index in [1.165, 1.54) is 0 Å². The number of aryl methyl sites for hydroxylation is 1. The van der Waals surface area contributed by atoms with E-state index in [-0.39, 0.29) is 17.4 Å². The Bertz CT molecular complexity index is 1070. The Labute approximate surface area is 171 Å². The summed E-state index contributed by atoms with van der Waals surface area (Å²) in [6.45, 7) is 5.40. The number of rotatable bonds is 5. The number of halogens is 2. The number of piperazine rings is 1. The summed E-state index contributed by atoms with van der Waals surface area (Å²) in [5, 5.41) is 8.06. The lowest BCUT2D eigenvalue weighted by Crippen LogP contribution is -2.47. The molecule has 1 saturated heterocycles. The zero-order valence-corrected chi connectivity index (χ0v) is 16.8. The molecule has 0 atom stereocenters. The molecule has 3 aromatic rings. The van der Waals surface area contributed by atoms with E-state index in [9.17, 15) is 13.6 Å². The van der Waals surface area contributed by atoms with E-state index in [1.54, 1.807) is 16.6 Å². The Kier molecular flexibility index (Phi) is 5.18. The minimum Gasteiger partial charge on any atom is -0.473 e. The van der Waals surface area contributed by atoms with Gasteiger partial charge in [0.25, 0.3) is 0 Å². The van der Waals surface area contributed by atoms with Gasteiger partial charge >= 0.3 is 0 Å². The van der Waals surface area contributed by atoms with Gasteiger partial charge in [-0.1, -0.05) is 5.21 Å². The number of benzene rings is 1. The third kappa shape index (κ3) is 3.62. The number of hydrogen-bond acceptors (Lipinski definition) is 8. The predicted octanol–water partition coefficient (Wildman–Crippen LogP) is 1.96.